The summed E-state index contributed by atoms with van der Waals surface area (Å²) in [6.45, 7) is 6.79. The Balaban J connectivity index is 2.46. The molecule has 0 radical (unpaired) electrons. The molecule has 3 atom stereocenters. The first kappa shape index (κ1) is 13.5. The molecule has 3 N–H and O–H groups in total. The lowest BCUT2D eigenvalue weighted by molar-refractivity contribution is -0.124. The Hall–Kier alpha value is -0.610. The lowest BCUT2D eigenvalue weighted by atomic mass is 10.0. The maximum absolute atomic E-state index is 11.8. The highest BCUT2D eigenvalue weighted by Crippen LogP contribution is 2.17. The normalized spacial score (nSPS) is 24.4. The van der Waals surface area contributed by atoms with E-state index in [1.807, 2.05) is 13.8 Å². The van der Waals surface area contributed by atoms with Crippen LogP contribution >= 0.6 is 0 Å². The third-order valence-corrected chi connectivity index (χ3v) is 3.20. The Morgan fingerprint density at radius 3 is 2.69 bits per heavy atom. The Bertz CT molecular complexity index is 225. The van der Waals surface area contributed by atoms with Gasteiger partial charge in [-0.15, -0.1) is 0 Å². The van der Waals surface area contributed by atoms with Gasteiger partial charge in [0.1, 0.15) is 0 Å². The highest BCUT2D eigenvalue weighted by atomic mass is 16.5. The molecule has 0 saturated carbocycles. The molecule has 16 heavy (non-hydrogen) atoms. The van der Waals surface area contributed by atoms with Gasteiger partial charge in [-0.2, -0.15) is 0 Å². The highest BCUT2D eigenvalue weighted by molar-refractivity contribution is 5.82. The molecule has 4 heteroatoms. The number of ether oxygens (including phenoxy) is 1. The van der Waals surface area contributed by atoms with Gasteiger partial charge < -0.3 is 15.8 Å². The van der Waals surface area contributed by atoms with Crippen LogP contribution in [-0.2, 0) is 9.53 Å². The Kier molecular flexibility index (Phi) is 5.22. The van der Waals surface area contributed by atoms with Gasteiger partial charge in [-0.25, -0.2) is 0 Å². The monoisotopic (exact) mass is 228 g/mol. The molecule has 0 aliphatic carbocycles. The quantitative estimate of drug-likeness (QED) is 0.739. The Labute approximate surface area is 97.9 Å². The number of hydrogen-bond donors (Lipinski definition) is 2. The van der Waals surface area contributed by atoms with Gasteiger partial charge in [-0.1, -0.05) is 20.8 Å². The molecule has 1 amide bonds. The average Bonchev–Trinajstić information content (AvgIpc) is 2.77. The zero-order chi connectivity index (χ0) is 12.1. The van der Waals surface area contributed by atoms with Gasteiger partial charge in [0.2, 0.25) is 5.91 Å². The average molecular weight is 228 g/mol. The van der Waals surface area contributed by atoms with E-state index in [0.717, 1.165) is 25.9 Å². The second-order valence-electron chi connectivity index (χ2n) is 4.84. The molecule has 94 valence electrons. The molecule has 1 saturated heterocycles. The van der Waals surface area contributed by atoms with Crippen molar-refractivity contribution in [1.82, 2.24) is 5.32 Å². The number of rotatable bonds is 5. The van der Waals surface area contributed by atoms with Crippen LogP contribution in [0.15, 0.2) is 0 Å². The van der Waals surface area contributed by atoms with Gasteiger partial charge in [0.15, 0.2) is 0 Å². The van der Waals surface area contributed by atoms with Crippen LogP contribution in [0.25, 0.3) is 0 Å². The molecule has 0 aromatic carbocycles. The summed E-state index contributed by atoms with van der Waals surface area (Å²) in [5.74, 6) is 0.111. The van der Waals surface area contributed by atoms with E-state index in [1.54, 1.807) is 0 Å². The summed E-state index contributed by atoms with van der Waals surface area (Å²) in [4.78, 5) is 11.8. The number of carbonyl (C=O) groups excluding carboxylic acids is 1. The molecular formula is C12H24N2O2. The van der Waals surface area contributed by atoms with Crippen LogP contribution in [0.1, 0.15) is 40.0 Å². The third kappa shape index (κ3) is 3.46. The molecule has 0 aromatic heterocycles. The van der Waals surface area contributed by atoms with Crippen molar-refractivity contribution < 1.29 is 9.53 Å². The van der Waals surface area contributed by atoms with Crippen molar-refractivity contribution in [3.05, 3.63) is 0 Å². The lowest BCUT2D eigenvalue weighted by Gasteiger charge is -2.25. The highest BCUT2D eigenvalue weighted by Gasteiger charge is 2.28. The summed E-state index contributed by atoms with van der Waals surface area (Å²) in [5, 5.41) is 3.00. The van der Waals surface area contributed by atoms with E-state index < -0.39 is 6.04 Å². The van der Waals surface area contributed by atoms with Crippen LogP contribution in [0.3, 0.4) is 0 Å². The fourth-order valence-electron chi connectivity index (χ4n) is 1.96. The van der Waals surface area contributed by atoms with E-state index in [0.29, 0.717) is 0 Å². The summed E-state index contributed by atoms with van der Waals surface area (Å²) in [5.41, 5.74) is 5.81. The summed E-state index contributed by atoms with van der Waals surface area (Å²) in [6.07, 6.45) is 3.19. The topological polar surface area (TPSA) is 64.4 Å². The van der Waals surface area contributed by atoms with E-state index in [1.165, 1.54) is 0 Å². The zero-order valence-electron chi connectivity index (χ0n) is 10.5. The first-order valence-corrected chi connectivity index (χ1v) is 6.23. The number of carbonyl (C=O) groups is 1. The third-order valence-electron chi connectivity index (χ3n) is 3.20. The van der Waals surface area contributed by atoms with Crippen LogP contribution < -0.4 is 11.1 Å². The summed E-state index contributed by atoms with van der Waals surface area (Å²) >= 11 is 0. The van der Waals surface area contributed by atoms with Crippen molar-refractivity contribution in [3.8, 4) is 0 Å². The maximum atomic E-state index is 11.8. The van der Waals surface area contributed by atoms with Crippen molar-refractivity contribution in [3.63, 3.8) is 0 Å². The second-order valence-corrected chi connectivity index (χ2v) is 4.84. The number of nitrogens with one attached hydrogen (secondary N) is 1. The second kappa shape index (κ2) is 6.21. The van der Waals surface area contributed by atoms with Crippen molar-refractivity contribution >= 4 is 5.91 Å². The Morgan fingerprint density at radius 1 is 1.56 bits per heavy atom. The lowest BCUT2D eigenvalue weighted by Crippen LogP contribution is -2.51. The molecule has 4 nitrogen and oxygen atoms in total. The Morgan fingerprint density at radius 2 is 2.25 bits per heavy atom. The van der Waals surface area contributed by atoms with E-state index in [4.69, 9.17) is 10.5 Å². The molecule has 0 bridgehead atoms. The van der Waals surface area contributed by atoms with Crippen molar-refractivity contribution in [1.29, 1.82) is 0 Å². The molecule has 2 unspecified atom stereocenters. The minimum atomic E-state index is -0.421. The molecule has 1 aliphatic heterocycles. The molecule has 1 fully saturated rings. The molecule has 1 aliphatic rings. The fraction of sp³-hybridized carbons (Fsp3) is 0.917. The van der Waals surface area contributed by atoms with Crippen LogP contribution in [0.4, 0.5) is 0 Å². The first-order valence-electron chi connectivity index (χ1n) is 6.23. The summed E-state index contributed by atoms with van der Waals surface area (Å²) in [6, 6.07) is -0.310. The van der Waals surface area contributed by atoms with Gasteiger partial charge >= 0.3 is 0 Å². The zero-order valence-corrected chi connectivity index (χ0v) is 10.5. The summed E-state index contributed by atoms with van der Waals surface area (Å²) in [7, 11) is 0. The molecular weight excluding hydrogens is 204 g/mol. The summed E-state index contributed by atoms with van der Waals surface area (Å²) < 4.78 is 5.59. The number of amides is 1. The van der Waals surface area contributed by atoms with Gasteiger partial charge in [0.05, 0.1) is 18.2 Å². The molecule has 0 aromatic rings. The largest absolute Gasteiger partial charge is 0.376 e. The van der Waals surface area contributed by atoms with Gasteiger partial charge in [-0.3, -0.25) is 4.79 Å². The van der Waals surface area contributed by atoms with E-state index >= 15 is 0 Å². The van der Waals surface area contributed by atoms with E-state index in [9.17, 15) is 4.79 Å². The minimum absolute atomic E-state index is 0.0580. The van der Waals surface area contributed by atoms with Crippen LogP contribution in [-0.4, -0.2) is 30.7 Å². The molecule has 0 spiro atoms. The van der Waals surface area contributed by atoms with Gasteiger partial charge in [-0.05, 0) is 25.2 Å². The van der Waals surface area contributed by atoms with Crippen molar-refractivity contribution in [2.45, 2.75) is 58.2 Å². The molecule has 1 rings (SSSR count). The van der Waals surface area contributed by atoms with Crippen LogP contribution in [0, 0.1) is 5.92 Å². The van der Waals surface area contributed by atoms with Crippen molar-refractivity contribution in [2.24, 2.45) is 11.7 Å². The minimum Gasteiger partial charge on any atom is -0.376 e. The standard InChI is InChI=1S/C12H24N2O2/c1-4-9(10-6-5-7-16-10)14-12(15)11(13)8(2)3/h8-11H,4-7,13H2,1-3H3,(H,14,15)/t9?,10?,11-/m0/s1. The van der Waals surface area contributed by atoms with Gasteiger partial charge in [0, 0.05) is 6.61 Å². The smallest absolute Gasteiger partial charge is 0.237 e. The van der Waals surface area contributed by atoms with E-state index in [-0.39, 0.29) is 24.0 Å². The van der Waals surface area contributed by atoms with Crippen molar-refractivity contribution in [2.75, 3.05) is 6.61 Å². The number of nitrogens with two attached hydrogens (primary N) is 1. The van der Waals surface area contributed by atoms with Gasteiger partial charge in [0.25, 0.3) is 0 Å². The van der Waals surface area contributed by atoms with E-state index in [2.05, 4.69) is 12.2 Å². The van der Waals surface area contributed by atoms with Crippen LogP contribution in [0.2, 0.25) is 0 Å². The maximum Gasteiger partial charge on any atom is 0.237 e. The molecule has 1 heterocycles. The number of hydrogen-bond acceptors (Lipinski definition) is 3. The first-order chi connectivity index (χ1) is 7.56. The SMILES string of the molecule is CCC(NC(=O)[C@@H](N)C(C)C)C1CCCO1. The predicted octanol–water partition coefficient (Wildman–Crippen LogP) is 1.04. The van der Waals surface area contributed by atoms with Crippen LogP contribution in [0.5, 0.6) is 0 Å². The fourth-order valence-corrected chi connectivity index (χ4v) is 1.96. The predicted molar refractivity (Wildman–Crippen MR) is 64.0 cm³/mol.